The number of aryl methyl sites for hydroxylation is 1. The molecule has 1 saturated carbocycles. The van der Waals surface area contributed by atoms with Crippen molar-refractivity contribution in [1.29, 1.82) is 0 Å². The van der Waals surface area contributed by atoms with Gasteiger partial charge in [0.2, 0.25) is 5.91 Å². The largest absolute Gasteiger partial charge is 0.315 e. The molecular formula is C22H22N2O2S. The molecule has 3 aliphatic rings. The van der Waals surface area contributed by atoms with E-state index >= 15 is 0 Å². The Kier molecular flexibility index (Phi) is 3.83. The molecule has 0 bridgehead atoms. The minimum atomic E-state index is -0.876. The summed E-state index contributed by atoms with van der Waals surface area (Å²) < 4.78 is 0. The number of hydrogen-bond donors (Lipinski definition) is 0. The number of thioether (sulfide) groups is 1. The fourth-order valence-electron chi connectivity index (χ4n) is 4.25. The molecule has 2 fully saturated rings. The Morgan fingerprint density at radius 1 is 1.15 bits per heavy atom. The molecule has 4 nitrogen and oxygen atoms in total. The van der Waals surface area contributed by atoms with Gasteiger partial charge in [-0.2, -0.15) is 0 Å². The van der Waals surface area contributed by atoms with Crippen LogP contribution < -0.4 is 4.90 Å². The monoisotopic (exact) mass is 378 g/mol. The average Bonchev–Trinajstić information content (AvgIpc) is 3.40. The topological polar surface area (TPSA) is 40.6 Å². The van der Waals surface area contributed by atoms with E-state index in [9.17, 15) is 9.59 Å². The first-order valence-corrected chi connectivity index (χ1v) is 10.5. The number of rotatable bonds is 3. The van der Waals surface area contributed by atoms with Crippen molar-refractivity contribution in [1.82, 2.24) is 4.90 Å². The second-order valence-corrected chi connectivity index (χ2v) is 8.88. The number of nitrogens with zero attached hydrogens (tertiary/aromatic N) is 2. The van der Waals surface area contributed by atoms with Crippen LogP contribution in [0.3, 0.4) is 0 Å². The molecule has 5 rings (SSSR count). The normalized spacial score (nSPS) is 24.0. The zero-order valence-electron chi connectivity index (χ0n) is 15.4. The smallest absolute Gasteiger partial charge is 0.268 e. The van der Waals surface area contributed by atoms with E-state index in [1.807, 2.05) is 46.2 Å². The number of fused-ring (bicyclic) bond motifs is 2. The number of carbonyl (C=O) groups excluding carboxylic acids is 2. The highest BCUT2D eigenvalue weighted by molar-refractivity contribution is 8.01. The van der Waals surface area contributed by atoms with E-state index in [1.165, 1.54) is 5.56 Å². The minimum Gasteiger partial charge on any atom is -0.315 e. The lowest BCUT2D eigenvalue weighted by molar-refractivity contribution is -0.141. The van der Waals surface area contributed by atoms with Gasteiger partial charge in [-0.15, -0.1) is 11.8 Å². The molecule has 1 saturated heterocycles. The molecule has 2 aromatic carbocycles. The first kappa shape index (κ1) is 16.9. The van der Waals surface area contributed by atoms with Crippen LogP contribution in [0.25, 0.3) is 0 Å². The van der Waals surface area contributed by atoms with Crippen molar-refractivity contribution in [2.75, 3.05) is 17.2 Å². The molecule has 2 aromatic rings. The summed E-state index contributed by atoms with van der Waals surface area (Å²) in [6.45, 7) is 3.26. The molecule has 1 aliphatic carbocycles. The predicted molar refractivity (Wildman–Crippen MR) is 107 cm³/mol. The van der Waals surface area contributed by atoms with Crippen LogP contribution in [0.2, 0.25) is 0 Å². The second-order valence-electron chi connectivity index (χ2n) is 7.59. The average molecular weight is 378 g/mol. The van der Waals surface area contributed by atoms with E-state index in [2.05, 4.69) is 19.1 Å². The van der Waals surface area contributed by atoms with Crippen molar-refractivity contribution in [3.8, 4) is 0 Å². The summed E-state index contributed by atoms with van der Waals surface area (Å²) in [5.41, 5.74) is 4.23. The highest BCUT2D eigenvalue weighted by atomic mass is 32.2. The Labute approximate surface area is 163 Å². The Hall–Kier alpha value is -2.27. The van der Waals surface area contributed by atoms with Gasteiger partial charge in [0.1, 0.15) is 0 Å². The van der Waals surface area contributed by atoms with Gasteiger partial charge in [-0.3, -0.25) is 9.59 Å². The minimum absolute atomic E-state index is 0.0310. The Morgan fingerprint density at radius 3 is 2.67 bits per heavy atom. The SMILES string of the molecule is Cc1ccccc1CN1C(=O)[C@@]2(SCCN2C(=O)C2CC2)c2ccccc21. The van der Waals surface area contributed by atoms with Gasteiger partial charge in [0.25, 0.3) is 5.91 Å². The summed E-state index contributed by atoms with van der Waals surface area (Å²) in [6, 6.07) is 16.2. The summed E-state index contributed by atoms with van der Waals surface area (Å²) >= 11 is 1.62. The van der Waals surface area contributed by atoms with Crippen LogP contribution in [-0.4, -0.2) is 29.0 Å². The zero-order valence-corrected chi connectivity index (χ0v) is 16.2. The maximum atomic E-state index is 13.8. The lowest BCUT2D eigenvalue weighted by Crippen LogP contribution is -2.50. The summed E-state index contributed by atoms with van der Waals surface area (Å²) in [5, 5.41) is 0. The van der Waals surface area contributed by atoms with E-state index in [1.54, 1.807) is 11.8 Å². The lowest BCUT2D eigenvalue weighted by Gasteiger charge is -2.33. The van der Waals surface area contributed by atoms with Gasteiger partial charge in [-0.1, -0.05) is 42.5 Å². The van der Waals surface area contributed by atoms with Gasteiger partial charge in [0.15, 0.2) is 4.87 Å². The number of para-hydroxylation sites is 1. The third-order valence-corrected chi connectivity index (χ3v) is 7.30. The van der Waals surface area contributed by atoms with Crippen LogP contribution in [0.15, 0.2) is 48.5 Å². The van der Waals surface area contributed by atoms with Gasteiger partial charge in [0, 0.05) is 23.8 Å². The van der Waals surface area contributed by atoms with E-state index < -0.39 is 4.87 Å². The third-order valence-electron chi connectivity index (χ3n) is 5.88. The molecule has 1 spiro atoms. The summed E-state index contributed by atoms with van der Waals surface area (Å²) in [7, 11) is 0. The van der Waals surface area contributed by atoms with Crippen LogP contribution in [0.1, 0.15) is 29.5 Å². The van der Waals surface area contributed by atoms with Crippen LogP contribution >= 0.6 is 11.8 Å². The molecule has 1 atom stereocenters. The van der Waals surface area contributed by atoms with E-state index in [4.69, 9.17) is 0 Å². The molecule has 0 aromatic heterocycles. The number of carbonyl (C=O) groups is 2. The van der Waals surface area contributed by atoms with Crippen molar-refractivity contribution >= 4 is 29.3 Å². The van der Waals surface area contributed by atoms with E-state index in [0.29, 0.717) is 13.1 Å². The van der Waals surface area contributed by atoms with Gasteiger partial charge < -0.3 is 9.80 Å². The number of amides is 2. The van der Waals surface area contributed by atoms with Crippen LogP contribution in [0, 0.1) is 12.8 Å². The molecule has 0 unspecified atom stereocenters. The molecule has 0 radical (unpaired) electrons. The molecular weight excluding hydrogens is 356 g/mol. The summed E-state index contributed by atoms with van der Waals surface area (Å²) in [6.07, 6.45) is 1.91. The van der Waals surface area contributed by atoms with E-state index in [-0.39, 0.29) is 17.7 Å². The van der Waals surface area contributed by atoms with E-state index in [0.717, 1.165) is 35.4 Å². The standard InChI is InChI=1S/C22H22N2O2S/c1-15-6-2-3-7-17(15)14-23-19-9-5-4-8-18(19)22(21(23)26)24(12-13-27-22)20(25)16-10-11-16/h2-9,16H,10-14H2,1H3/t22-/m0/s1. The maximum absolute atomic E-state index is 13.8. The highest BCUT2D eigenvalue weighted by Gasteiger charge is 2.60. The Balaban J connectivity index is 1.59. The van der Waals surface area contributed by atoms with Gasteiger partial charge in [-0.25, -0.2) is 0 Å². The molecule has 2 aliphatic heterocycles. The lowest BCUT2D eigenvalue weighted by atomic mass is 10.1. The molecule has 5 heteroatoms. The van der Waals surface area contributed by atoms with Crippen molar-refractivity contribution in [3.05, 3.63) is 65.2 Å². The molecule has 27 heavy (non-hydrogen) atoms. The molecule has 138 valence electrons. The fourth-order valence-corrected chi connectivity index (χ4v) is 5.72. The highest BCUT2D eigenvalue weighted by Crippen LogP contribution is 2.55. The third kappa shape index (κ3) is 2.44. The molecule has 2 amide bonds. The summed E-state index contributed by atoms with van der Waals surface area (Å²) in [4.78, 5) is 29.6. The van der Waals surface area contributed by atoms with Crippen molar-refractivity contribution in [2.45, 2.75) is 31.2 Å². The second kappa shape index (κ2) is 6.13. The first-order valence-electron chi connectivity index (χ1n) is 9.54. The van der Waals surface area contributed by atoms with Crippen molar-refractivity contribution in [2.24, 2.45) is 5.92 Å². The van der Waals surface area contributed by atoms with Crippen LogP contribution in [0.5, 0.6) is 0 Å². The Morgan fingerprint density at radius 2 is 1.89 bits per heavy atom. The maximum Gasteiger partial charge on any atom is 0.268 e. The molecule has 0 N–H and O–H groups in total. The predicted octanol–water partition coefficient (Wildman–Crippen LogP) is 3.68. The first-order chi connectivity index (χ1) is 13.1. The fraction of sp³-hybridized carbons (Fsp3) is 0.364. The quantitative estimate of drug-likeness (QED) is 0.818. The van der Waals surface area contributed by atoms with Crippen LogP contribution in [0.4, 0.5) is 5.69 Å². The Bertz CT molecular complexity index is 939. The van der Waals surface area contributed by atoms with Gasteiger partial charge in [0.05, 0.1) is 12.2 Å². The summed E-state index contributed by atoms with van der Waals surface area (Å²) in [5.74, 6) is 1.10. The van der Waals surface area contributed by atoms with Crippen molar-refractivity contribution in [3.63, 3.8) is 0 Å². The number of benzene rings is 2. The van der Waals surface area contributed by atoms with Gasteiger partial charge in [-0.05, 0) is 37.0 Å². The van der Waals surface area contributed by atoms with Crippen LogP contribution in [-0.2, 0) is 21.0 Å². The number of anilines is 1. The molecule has 2 heterocycles. The number of hydrogen-bond acceptors (Lipinski definition) is 3. The van der Waals surface area contributed by atoms with Gasteiger partial charge >= 0.3 is 0 Å². The van der Waals surface area contributed by atoms with Crippen molar-refractivity contribution < 1.29 is 9.59 Å². The zero-order chi connectivity index (χ0) is 18.6.